The highest BCUT2D eigenvalue weighted by molar-refractivity contribution is 5.82. The molecule has 3 N–H and O–H groups in total. The number of hydrogen-bond acceptors (Lipinski definition) is 3. The SMILES string of the molecule is CCC(CC)(CN)C(=O)NCCn1c(C)nc2ccccc21. The molecule has 0 aliphatic carbocycles. The Hall–Kier alpha value is -1.88. The lowest BCUT2D eigenvalue weighted by molar-refractivity contribution is -0.131. The van der Waals surface area contributed by atoms with Crippen molar-refractivity contribution in [2.75, 3.05) is 13.1 Å². The van der Waals surface area contributed by atoms with Crippen LogP contribution in [0, 0.1) is 12.3 Å². The molecular formula is C17H26N4O. The fourth-order valence-electron chi connectivity index (χ4n) is 2.90. The Balaban J connectivity index is 2.04. The molecule has 22 heavy (non-hydrogen) atoms. The van der Waals surface area contributed by atoms with Gasteiger partial charge in [-0.25, -0.2) is 4.98 Å². The number of carbonyl (C=O) groups is 1. The van der Waals surface area contributed by atoms with Gasteiger partial charge in [0.05, 0.1) is 16.4 Å². The quantitative estimate of drug-likeness (QED) is 0.823. The normalized spacial score (nSPS) is 11.8. The Labute approximate surface area is 131 Å². The molecule has 0 aliphatic heterocycles. The van der Waals surface area contributed by atoms with Crippen molar-refractivity contribution in [1.82, 2.24) is 14.9 Å². The number of aromatic nitrogens is 2. The number of rotatable bonds is 7. The third-order valence-electron chi connectivity index (χ3n) is 4.69. The standard InChI is InChI=1S/C17H26N4O/c1-4-17(5-2,12-18)16(22)19-10-11-21-13(3)20-14-8-6-7-9-15(14)21/h6-9H,4-5,10-12,18H2,1-3H3,(H,19,22). The Kier molecular flexibility index (Phi) is 5.19. The number of amides is 1. The number of nitrogens with two attached hydrogens (primary N) is 1. The van der Waals surface area contributed by atoms with Gasteiger partial charge in [0.25, 0.3) is 0 Å². The van der Waals surface area contributed by atoms with Gasteiger partial charge >= 0.3 is 0 Å². The second-order valence-corrected chi connectivity index (χ2v) is 5.75. The average molecular weight is 302 g/mol. The molecule has 2 aromatic rings. The lowest BCUT2D eigenvalue weighted by atomic mass is 9.81. The zero-order chi connectivity index (χ0) is 16.2. The van der Waals surface area contributed by atoms with Crippen molar-refractivity contribution in [2.45, 2.75) is 40.2 Å². The zero-order valence-corrected chi connectivity index (χ0v) is 13.7. The lowest BCUT2D eigenvalue weighted by Gasteiger charge is -2.28. The zero-order valence-electron chi connectivity index (χ0n) is 13.7. The number of hydrogen-bond donors (Lipinski definition) is 2. The maximum absolute atomic E-state index is 12.4. The number of nitrogens with one attached hydrogen (secondary N) is 1. The van der Waals surface area contributed by atoms with E-state index in [2.05, 4.69) is 20.9 Å². The molecule has 2 rings (SSSR count). The van der Waals surface area contributed by atoms with Crippen LogP contribution in [0.2, 0.25) is 0 Å². The molecule has 0 bridgehead atoms. The molecule has 1 amide bonds. The molecule has 0 atom stereocenters. The molecule has 0 fully saturated rings. The predicted molar refractivity (Wildman–Crippen MR) is 89.5 cm³/mol. The minimum Gasteiger partial charge on any atom is -0.354 e. The van der Waals surface area contributed by atoms with Crippen LogP contribution < -0.4 is 11.1 Å². The number of imidazole rings is 1. The molecule has 0 unspecified atom stereocenters. The summed E-state index contributed by atoms with van der Waals surface area (Å²) in [5.41, 5.74) is 7.47. The van der Waals surface area contributed by atoms with Crippen molar-refractivity contribution >= 4 is 16.9 Å². The largest absolute Gasteiger partial charge is 0.354 e. The molecule has 120 valence electrons. The van der Waals surface area contributed by atoms with E-state index in [4.69, 9.17) is 5.73 Å². The summed E-state index contributed by atoms with van der Waals surface area (Å²) >= 11 is 0. The molecule has 0 aliphatic rings. The van der Waals surface area contributed by atoms with Crippen LogP contribution in [0.3, 0.4) is 0 Å². The van der Waals surface area contributed by atoms with Gasteiger partial charge in [0.2, 0.25) is 5.91 Å². The topological polar surface area (TPSA) is 72.9 Å². The van der Waals surface area contributed by atoms with Crippen LogP contribution in [-0.4, -0.2) is 28.5 Å². The van der Waals surface area contributed by atoms with Crippen LogP contribution in [-0.2, 0) is 11.3 Å². The van der Waals surface area contributed by atoms with Crippen LogP contribution in [0.4, 0.5) is 0 Å². The summed E-state index contributed by atoms with van der Waals surface area (Å²) in [5, 5.41) is 3.04. The Morgan fingerprint density at radius 3 is 2.64 bits per heavy atom. The third-order valence-corrected chi connectivity index (χ3v) is 4.69. The van der Waals surface area contributed by atoms with E-state index in [1.54, 1.807) is 0 Å². The Morgan fingerprint density at radius 1 is 1.32 bits per heavy atom. The van der Waals surface area contributed by atoms with E-state index in [1.807, 2.05) is 39.0 Å². The number of fused-ring (bicyclic) bond motifs is 1. The second-order valence-electron chi connectivity index (χ2n) is 5.75. The highest BCUT2D eigenvalue weighted by atomic mass is 16.2. The van der Waals surface area contributed by atoms with E-state index >= 15 is 0 Å². The number of para-hydroxylation sites is 2. The smallest absolute Gasteiger partial charge is 0.227 e. The summed E-state index contributed by atoms with van der Waals surface area (Å²) in [6.45, 7) is 7.71. The summed E-state index contributed by atoms with van der Waals surface area (Å²) in [5.74, 6) is 1.02. The summed E-state index contributed by atoms with van der Waals surface area (Å²) in [4.78, 5) is 17.0. The van der Waals surface area contributed by atoms with Crippen molar-refractivity contribution in [3.05, 3.63) is 30.1 Å². The molecule has 0 spiro atoms. The van der Waals surface area contributed by atoms with Crippen molar-refractivity contribution in [2.24, 2.45) is 11.1 Å². The van der Waals surface area contributed by atoms with Gasteiger partial charge in [0, 0.05) is 19.6 Å². The predicted octanol–water partition coefficient (Wildman–Crippen LogP) is 2.23. The Bertz CT molecular complexity index is 635. The molecule has 5 nitrogen and oxygen atoms in total. The van der Waals surface area contributed by atoms with Crippen LogP contribution in [0.5, 0.6) is 0 Å². The molecule has 5 heteroatoms. The van der Waals surface area contributed by atoms with Gasteiger partial charge in [-0.2, -0.15) is 0 Å². The van der Waals surface area contributed by atoms with Gasteiger partial charge in [-0.05, 0) is 31.9 Å². The van der Waals surface area contributed by atoms with Crippen LogP contribution in [0.15, 0.2) is 24.3 Å². The van der Waals surface area contributed by atoms with Crippen LogP contribution >= 0.6 is 0 Å². The maximum Gasteiger partial charge on any atom is 0.227 e. The fourth-order valence-corrected chi connectivity index (χ4v) is 2.90. The van der Waals surface area contributed by atoms with E-state index in [0.717, 1.165) is 29.7 Å². The fraction of sp³-hybridized carbons (Fsp3) is 0.529. The molecule has 1 heterocycles. The molecular weight excluding hydrogens is 276 g/mol. The van der Waals surface area contributed by atoms with Gasteiger partial charge in [-0.15, -0.1) is 0 Å². The number of carbonyl (C=O) groups excluding carboxylic acids is 1. The average Bonchev–Trinajstić information content (AvgIpc) is 2.85. The highest BCUT2D eigenvalue weighted by Gasteiger charge is 2.32. The lowest BCUT2D eigenvalue weighted by Crippen LogP contribution is -2.46. The van der Waals surface area contributed by atoms with E-state index in [-0.39, 0.29) is 5.91 Å². The van der Waals surface area contributed by atoms with E-state index in [0.29, 0.717) is 19.6 Å². The summed E-state index contributed by atoms with van der Waals surface area (Å²) in [6, 6.07) is 8.05. The van der Waals surface area contributed by atoms with Crippen LogP contribution in [0.25, 0.3) is 11.0 Å². The van der Waals surface area contributed by atoms with Gasteiger partial charge in [0.15, 0.2) is 0 Å². The summed E-state index contributed by atoms with van der Waals surface area (Å²) < 4.78 is 2.14. The third kappa shape index (κ3) is 2.99. The number of nitrogens with zero attached hydrogens (tertiary/aromatic N) is 2. The molecule has 1 aromatic heterocycles. The van der Waals surface area contributed by atoms with Gasteiger partial charge in [0.1, 0.15) is 5.82 Å². The van der Waals surface area contributed by atoms with Crippen LogP contribution in [0.1, 0.15) is 32.5 Å². The van der Waals surface area contributed by atoms with E-state index in [9.17, 15) is 4.79 Å². The molecule has 1 aromatic carbocycles. The van der Waals surface area contributed by atoms with Crippen molar-refractivity contribution in [3.8, 4) is 0 Å². The van der Waals surface area contributed by atoms with Crippen molar-refractivity contribution in [3.63, 3.8) is 0 Å². The molecule has 0 radical (unpaired) electrons. The Morgan fingerprint density at radius 2 is 2.00 bits per heavy atom. The molecule has 0 saturated heterocycles. The first-order valence-electron chi connectivity index (χ1n) is 7.98. The first-order chi connectivity index (χ1) is 10.6. The minimum atomic E-state index is -0.438. The van der Waals surface area contributed by atoms with Gasteiger partial charge in [-0.1, -0.05) is 26.0 Å². The van der Waals surface area contributed by atoms with Crippen molar-refractivity contribution < 1.29 is 4.79 Å². The summed E-state index contributed by atoms with van der Waals surface area (Å²) in [7, 11) is 0. The highest BCUT2D eigenvalue weighted by Crippen LogP contribution is 2.24. The maximum atomic E-state index is 12.4. The van der Waals surface area contributed by atoms with E-state index < -0.39 is 5.41 Å². The first-order valence-corrected chi connectivity index (χ1v) is 7.98. The number of aryl methyl sites for hydroxylation is 1. The molecule has 0 saturated carbocycles. The second kappa shape index (κ2) is 6.92. The first kappa shape index (κ1) is 16.5. The van der Waals surface area contributed by atoms with E-state index in [1.165, 1.54) is 0 Å². The monoisotopic (exact) mass is 302 g/mol. The number of benzene rings is 1. The van der Waals surface area contributed by atoms with Gasteiger partial charge < -0.3 is 15.6 Å². The minimum absolute atomic E-state index is 0.0575. The van der Waals surface area contributed by atoms with Crippen molar-refractivity contribution in [1.29, 1.82) is 0 Å². The van der Waals surface area contributed by atoms with Gasteiger partial charge in [-0.3, -0.25) is 4.79 Å². The summed E-state index contributed by atoms with van der Waals surface area (Å²) in [6.07, 6.45) is 1.53.